The third kappa shape index (κ3) is 3.27. The van der Waals surface area contributed by atoms with E-state index >= 15 is 0 Å². The summed E-state index contributed by atoms with van der Waals surface area (Å²) in [6.45, 7) is 4.15. The Kier molecular flexibility index (Phi) is 4.57. The predicted molar refractivity (Wildman–Crippen MR) is 82.3 cm³/mol. The highest BCUT2D eigenvalue weighted by molar-refractivity contribution is 6.32. The third-order valence-electron chi connectivity index (χ3n) is 2.89. The van der Waals surface area contributed by atoms with Gasteiger partial charge in [0.1, 0.15) is 12.0 Å². The van der Waals surface area contributed by atoms with Gasteiger partial charge in [-0.15, -0.1) is 0 Å². The van der Waals surface area contributed by atoms with Gasteiger partial charge < -0.3 is 16.4 Å². The zero-order valence-corrected chi connectivity index (χ0v) is 12.1. The van der Waals surface area contributed by atoms with E-state index in [4.69, 9.17) is 17.3 Å². The minimum Gasteiger partial charge on any atom is -0.393 e. The van der Waals surface area contributed by atoms with Crippen molar-refractivity contribution in [2.45, 2.75) is 26.3 Å². The summed E-state index contributed by atoms with van der Waals surface area (Å²) >= 11 is 6.00. The van der Waals surface area contributed by atoms with Gasteiger partial charge in [0.2, 0.25) is 0 Å². The maximum absolute atomic E-state index is 6.07. The molecule has 2 heterocycles. The minimum absolute atomic E-state index is 0.280. The molecule has 2 rings (SSSR count). The number of nitrogens with one attached hydrogen (secondary N) is 2. The van der Waals surface area contributed by atoms with Crippen LogP contribution in [0.1, 0.15) is 20.3 Å². The number of hydrogen-bond donors (Lipinski definition) is 3. The van der Waals surface area contributed by atoms with Crippen molar-refractivity contribution in [3.8, 4) is 0 Å². The summed E-state index contributed by atoms with van der Waals surface area (Å²) in [5.74, 6) is 1.11. The molecule has 7 heteroatoms. The number of nitrogen functional groups attached to an aromatic ring is 1. The van der Waals surface area contributed by atoms with E-state index in [2.05, 4.69) is 39.4 Å². The molecule has 0 saturated carbocycles. The molecule has 0 amide bonds. The lowest BCUT2D eigenvalue weighted by Crippen LogP contribution is -2.16. The highest BCUT2D eigenvalue weighted by Crippen LogP contribution is 2.28. The van der Waals surface area contributed by atoms with Crippen LogP contribution in [-0.2, 0) is 0 Å². The summed E-state index contributed by atoms with van der Waals surface area (Å²) in [6.07, 6.45) is 4.04. The van der Waals surface area contributed by atoms with E-state index in [-0.39, 0.29) is 6.04 Å². The SMILES string of the molecule is CCC(C)Nc1ncnc(Nc2cccnc2Cl)c1N. The Hall–Kier alpha value is -2.08. The summed E-state index contributed by atoms with van der Waals surface area (Å²) in [4.78, 5) is 12.3. The number of rotatable bonds is 5. The molecule has 0 bridgehead atoms. The van der Waals surface area contributed by atoms with Crippen molar-refractivity contribution in [3.63, 3.8) is 0 Å². The van der Waals surface area contributed by atoms with Crippen LogP contribution in [0.2, 0.25) is 5.15 Å². The van der Waals surface area contributed by atoms with E-state index < -0.39 is 0 Å². The molecule has 0 saturated heterocycles. The van der Waals surface area contributed by atoms with Gasteiger partial charge in [-0.2, -0.15) is 0 Å². The third-order valence-corrected chi connectivity index (χ3v) is 3.19. The van der Waals surface area contributed by atoms with E-state index in [9.17, 15) is 0 Å². The van der Waals surface area contributed by atoms with Crippen molar-refractivity contribution in [1.29, 1.82) is 0 Å². The van der Waals surface area contributed by atoms with Gasteiger partial charge in [0.15, 0.2) is 16.8 Å². The van der Waals surface area contributed by atoms with Crippen LogP contribution in [0.5, 0.6) is 0 Å². The molecular formula is C13H17ClN6. The lowest BCUT2D eigenvalue weighted by molar-refractivity contribution is 0.759. The van der Waals surface area contributed by atoms with Crippen molar-refractivity contribution in [3.05, 3.63) is 29.8 Å². The molecule has 0 spiro atoms. The molecule has 0 aliphatic carbocycles. The molecule has 1 atom stereocenters. The predicted octanol–water partition coefficient (Wildman–Crippen LogP) is 3.06. The second kappa shape index (κ2) is 6.38. The Morgan fingerprint density at radius 1 is 1.30 bits per heavy atom. The van der Waals surface area contributed by atoms with Crippen LogP contribution in [0.4, 0.5) is 23.0 Å². The summed E-state index contributed by atoms with van der Waals surface area (Å²) < 4.78 is 0. The Morgan fingerprint density at radius 2 is 2.05 bits per heavy atom. The average molecular weight is 293 g/mol. The summed E-state index contributed by atoms with van der Waals surface area (Å²) in [5, 5.41) is 6.66. The van der Waals surface area contributed by atoms with Crippen molar-refractivity contribution in [1.82, 2.24) is 15.0 Å². The molecule has 1 unspecified atom stereocenters. The molecule has 2 aromatic rings. The second-order valence-electron chi connectivity index (χ2n) is 4.40. The van der Waals surface area contributed by atoms with Gasteiger partial charge in [-0.25, -0.2) is 15.0 Å². The van der Waals surface area contributed by atoms with Gasteiger partial charge in [0, 0.05) is 12.2 Å². The number of anilines is 4. The van der Waals surface area contributed by atoms with Crippen LogP contribution in [0.3, 0.4) is 0 Å². The highest BCUT2D eigenvalue weighted by Gasteiger charge is 2.11. The molecule has 4 N–H and O–H groups in total. The number of halogens is 1. The van der Waals surface area contributed by atoms with Crippen LogP contribution in [0.25, 0.3) is 0 Å². The van der Waals surface area contributed by atoms with Crippen molar-refractivity contribution < 1.29 is 0 Å². The highest BCUT2D eigenvalue weighted by atomic mass is 35.5. The first kappa shape index (κ1) is 14.3. The van der Waals surface area contributed by atoms with Crippen LogP contribution in [-0.4, -0.2) is 21.0 Å². The van der Waals surface area contributed by atoms with Crippen molar-refractivity contribution in [2.24, 2.45) is 0 Å². The molecule has 0 aliphatic heterocycles. The molecule has 0 fully saturated rings. The zero-order chi connectivity index (χ0) is 14.5. The average Bonchev–Trinajstić information content (AvgIpc) is 2.45. The molecule has 2 aromatic heterocycles. The van der Waals surface area contributed by atoms with E-state index in [0.29, 0.717) is 28.2 Å². The first-order valence-corrected chi connectivity index (χ1v) is 6.74. The Labute approximate surface area is 122 Å². The molecular weight excluding hydrogens is 276 g/mol. The minimum atomic E-state index is 0.280. The Bertz CT molecular complexity index is 589. The number of pyridine rings is 1. The standard InChI is InChI=1S/C13H17ClN6/c1-3-8(2)19-12-10(15)13(18-7-17-12)20-9-5-4-6-16-11(9)14/h4-8H,3,15H2,1-2H3,(H2,17,18,19,20). The Morgan fingerprint density at radius 3 is 2.75 bits per heavy atom. The summed E-state index contributed by atoms with van der Waals surface area (Å²) in [6, 6.07) is 3.87. The van der Waals surface area contributed by atoms with Crippen molar-refractivity contribution in [2.75, 3.05) is 16.4 Å². The van der Waals surface area contributed by atoms with E-state index in [0.717, 1.165) is 6.42 Å². The maximum Gasteiger partial charge on any atom is 0.159 e. The summed E-state index contributed by atoms with van der Waals surface area (Å²) in [7, 11) is 0. The molecule has 6 nitrogen and oxygen atoms in total. The lowest BCUT2D eigenvalue weighted by atomic mass is 10.2. The largest absolute Gasteiger partial charge is 0.393 e. The molecule has 0 aliphatic rings. The fraction of sp³-hybridized carbons (Fsp3) is 0.308. The van der Waals surface area contributed by atoms with Gasteiger partial charge in [-0.05, 0) is 25.5 Å². The molecule has 0 aromatic carbocycles. The second-order valence-corrected chi connectivity index (χ2v) is 4.76. The Balaban J connectivity index is 2.25. The van der Waals surface area contributed by atoms with Crippen LogP contribution in [0, 0.1) is 0 Å². The number of nitrogens with zero attached hydrogens (tertiary/aromatic N) is 3. The fourth-order valence-corrected chi connectivity index (χ4v) is 1.72. The lowest BCUT2D eigenvalue weighted by Gasteiger charge is -2.16. The normalized spacial score (nSPS) is 11.9. The van der Waals surface area contributed by atoms with Gasteiger partial charge in [-0.3, -0.25) is 0 Å². The maximum atomic E-state index is 6.07. The van der Waals surface area contributed by atoms with Crippen molar-refractivity contribution >= 4 is 34.6 Å². The van der Waals surface area contributed by atoms with E-state index in [1.807, 2.05) is 0 Å². The monoisotopic (exact) mass is 292 g/mol. The zero-order valence-electron chi connectivity index (χ0n) is 11.4. The smallest absolute Gasteiger partial charge is 0.159 e. The van der Waals surface area contributed by atoms with Gasteiger partial charge in [0.25, 0.3) is 0 Å². The van der Waals surface area contributed by atoms with Gasteiger partial charge in [0.05, 0.1) is 5.69 Å². The first-order valence-electron chi connectivity index (χ1n) is 6.36. The molecule has 106 valence electrons. The van der Waals surface area contributed by atoms with Crippen LogP contribution in [0.15, 0.2) is 24.7 Å². The number of nitrogens with two attached hydrogens (primary N) is 1. The number of aromatic nitrogens is 3. The molecule has 20 heavy (non-hydrogen) atoms. The number of hydrogen-bond acceptors (Lipinski definition) is 6. The van der Waals surface area contributed by atoms with E-state index in [1.165, 1.54) is 6.33 Å². The van der Waals surface area contributed by atoms with Gasteiger partial charge in [-0.1, -0.05) is 18.5 Å². The van der Waals surface area contributed by atoms with Crippen LogP contribution >= 0.6 is 11.6 Å². The molecule has 0 radical (unpaired) electrons. The van der Waals surface area contributed by atoms with Gasteiger partial charge >= 0.3 is 0 Å². The quantitative estimate of drug-likeness (QED) is 0.734. The summed E-state index contributed by atoms with van der Waals surface area (Å²) in [5.41, 5.74) is 7.17. The fourth-order valence-electron chi connectivity index (χ4n) is 1.55. The topological polar surface area (TPSA) is 88.8 Å². The first-order chi connectivity index (χ1) is 9.61. The van der Waals surface area contributed by atoms with E-state index in [1.54, 1.807) is 18.3 Å². The van der Waals surface area contributed by atoms with Crippen LogP contribution < -0.4 is 16.4 Å².